The lowest BCUT2D eigenvalue weighted by Gasteiger charge is -2.00. The van der Waals surface area contributed by atoms with Crippen LogP contribution >= 0.6 is 11.8 Å². The minimum Gasteiger partial charge on any atom is -0.130 e. The molecule has 0 N–H and O–H groups in total. The van der Waals surface area contributed by atoms with E-state index in [1.54, 1.807) is 11.8 Å². The van der Waals surface area contributed by atoms with Gasteiger partial charge in [-0.05, 0) is 18.4 Å². The van der Waals surface area contributed by atoms with E-state index >= 15 is 0 Å². The molecule has 83 valence electrons. The van der Waals surface area contributed by atoms with Gasteiger partial charge in [-0.2, -0.15) is 0 Å². The second-order valence-corrected chi connectivity index (χ2v) is 4.00. The Morgan fingerprint density at radius 3 is 2.20 bits per heavy atom. The zero-order chi connectivity index (χ0) is 11.5. The topological polar surface area (TPSA) is 0 Å². The van der Waals surface area contributed by atoms with Gasteiger partial charge in [0.15, 0.2) is 7.28 Å². The molecule has 0 fully saturated rings. The van der Waals surface area contributed by atoms with Gasteiger partial charge in [-0.15, -0.1) is 11.8 Å². The van der Waals surface area contributed by atoms with Crippen LogP contribution in [0, 0.1) is 0 Å². The van der Waals surface area contributed by atoms with Crippen LogP contribution in [0.15, 0.2) is 29.2 Å². The predicted octanol–water partition coefficient (Wildman–Crippen LogP) is 3.98. The summed E-state index contributed by atoms with van der Waals surface area (Å²) in [6.45, 7) is 6.23. The van der Waals surface area contributed by atoms with Gasteiger partial charge in [-0.1, -0.05) is 57.5 Å². The lowest BCUT2D eigenvalue weighted by Crippen LogP contribution is -2.12. The molecule has 0 unspecified atom stereocenters. The summed E-state index contributed by atoms with van der Waals surface area (Å²) >= 11 is 1.79. The van der Waals surface area contributed by atoms with Crippen LogP contribution in [0.4, 0.5) is 0 Å². The molecule has 0 aliphatic heterocycles. The van der Waals surface area contributed by atoms with Crippen LogP contribution in [-0.4, -0.2) is 13.5 Å². The largest absolute Gasteiger partial charge is 0.151 e. The summed E-state index contributed by atoms with van der Waals surface area (Å²) in [5.41, 5.74) is 1.35. The Morgan fingerprint density at radius 2 is 1.73 bits per heavy atom. The van der Waals surface area contributed by atoms with E-state index < -0.39 is 0 Å². The highest BCUT2D eigenvalue weighted by Crippen LogP contribution is 2.11. The number of rotatable bonds is 5. The molecule has 0 bridgehead atoms. The van der Waals surface area contributed by atoms with Crippen LogP contribution in [0.2, 0.25) is 6.32 Å². The summed E-state index contributed by atoms with van der Waals surface area (Å²) in [4.78, 5) is 1.34. The van der Waals surface area contributed by atoms with Gasteiger partial charge in [-0.25, -0.2) is 0 Å². The molecule has 1 aromatic carbocycles. The number of thioether (sulfide) groups is 1. The standard InChI is InChI=1S/C11H16BS.C2H6/c1-3-4-9-12-10-5-7-11(13-2)8-6-10;1-2/h5-8H,3-4,9H2,1-2H3;1-2H3. The Labute approximate surface area is 100 Å². The molecule has 2 heteroatoms. The lowest BCUT2D eigenvalue weighted by molar-refractivity contribution is 0.881. The Bertz CT molecular complexity index is 231. The van der Waals surface area contributed by atoms with Crippen molar-refractivity contribution in [1.29, 1.82) is 0 Å². The van der Waals surface area contributed by atoms with Gasteiger partial charge in [-0.3, -0.25) is 0 Å². The van der Waals surface area contributed by atoms with Gasteiger partial charge < -0.3 is 0 Å². The number of unbranched alkanes of at least 4 members (excludes halogenated alkanes) is 1. The highest BCUT2D eigenvalue weighted by atomic mass is 32.2. The van der Waals surface area contributed by atoms with Gasteiger partial charge >= 0.3 is 0 Å². The smallest absolute Gasteiger partial charge is 0.130 e. The molecule has 0 amide bonds. The quantitative estimate of drug-likeness (QED) is 0.411. The Balaban J connectivity index is 0.000000921. The number of benzene rings is 1. The highest BCUT2D eigenvalue weighted by Gasteiger charge is 1.95. The van der Waals surface area contributed by atoms with E-state index in [-0.39, 0.29) is 0 Å². The van der Waals surface area contributed by atoms with E-state index in [2.05, 4.69) is 44.7 Å². The maximum absolute atomic E-state index is 2.31. The third-order valence-electron chi connectivity index (χ3n) is 2.05. The fourth-order valence-electron chi connectivity index (χ4n) is 1.21. The van der Waals surface area contributed by atoms with Crippen molar-refractivity contribution in [3.63, 3.8) is 0 Å². The zero-order valence-electron chi connectivity index (χ0n) is 10.4. The summed E-state index contributed by atoms with van der Waals surface area (Å²) in [6.07, 6.45) is 5.88. The van der Waals surface area contributed by atoms with Gasteiger partial charge in [0.05, 0.1) is 0 Å². The van der Waals surface area contributed by atoms with Crippen molar-refractivity contribution >= 4 is 24.5 Å². The molecule has 0 atom stereocenters. The van der Waals surface area contributed by atoms with Crippen LogP contribution in [0.5, 0.6) is 0 Å². The van der Waals surface area contributed by atoms with E-state index in [1.165, 1.54) is 29.5 Å². The van der Waals surface area contributed by atoms with E-state index in [9.17, 15) is 0 Å². The lowest BCUT2D eigenvalue weighted by atomic mass is 9.66. The average Bonchev–Trinajstić information content (AvgIpc) is 2.33. The van der Waals surface area contributed by atoms with Crippen molar-refractivity contribution in [2.24, 2.45) is 0 Å². The fourth-order valence-corrected chi connectivity index (χ4v) is 1.62. The summed E-state index contributed by atoms with van der Waals surface area (Å²) in [5, 5.41) is 0. The van der Waals surface area contributed by atoms with E-state index in [1.807, 2.05) is 13.8 Å². The van der Waals surface area contributed by atoms with Crippen LogP contribution in [0.1, 0.15) is 33.6 Å². The second-order valence-electron chi connectivity index (χ2n) is 3.12. The van der Waals surface area contributed by atoms with Crippen LogP contribution in [0.25, 0.3) is 0 Å². The van der Waals surface area contributed by atoms with Gasteiger partial charge in [0, 0.05) is 4.90 Å². The molecule has 0 aliphatic rings. The molecule has 0 saturated carbocycles. The van der Waals surface area contributed by atoms with Crippen molar-refractivity contribution in [2.75, 3.05) is 6.26 Å². The summed E-state index contributed by atoms with van der Waals surface area (Å²) in [6, 6.07) is 8.76. The zero-order valence-corrected chi connectivity index (χ0v) is 11.2. The molecular weight excluding hydrogens is 199 g/mol. The maximum Gasteiger partial charge on any atom is 0.151 e. The van der Waals surface area contributed by atoms with Crippen molar-refractivity contribution < 1.29 is 0 Å². The normalized spacial score (nSPS) is 9.07. The molecule has 15 heavy (non-hydrogen) atoms. The molecular formula is C13H22BS. The number of hydrogen-bond donors (Lipinski definition) is 0. The van der Waals surface area contributed by atoms with Gasteiger partial charge in [0.2, 0.25) is 0 Å². The first-order chi connectivity index (χ1) is 7.36. The number of hydrogen-bond acceptors (Lipinski definition) is 1. The highest BCUT2D eigenvalue weighted by molar-refractivity contribution is 7.98. The molecule has 1 radical (unpaired) electrons. The van der Waals surface area contributed by atoms with Crippen molar-refractivity contribution in [1.82, 2.24) is 0 Å². The summed E-state index contributed by atoms with van der Waals surface area (Å²) in [5.74, 6) is 0. The van der Waals surface area contributed by atoms with Gasteiger partial charge in [0.1, 0.15) is 0 Å². The van der Waals surface area contributed by atoms with Crippen molar-refractivity contribution in [3.8, 4) is 0 Å². The molecule has 0 saturated heterocycles. The maximum atomic E-state index is 2.31. The van der Waals surface area contributed by atoms with E-state index in [0.29, 0.717) is 0 Å². The summed E-state index contributed by atoms with van der Waals surface area (Å²) < 4.78 is 0. The van der Waals surface area contributed by atoms with Crippen LogP contribution < -0.4 is 5.46 Å². The van der Waals surface area contributed by atoms with Crippen molar-refractivity contribution in [3.05, 3.63) is 24.3 Å². The fraction of sp³-hybridized carbons (Fsp3) is 0.538. The molecule has 0 spiro atoms. The minimum atomic E-state index is 1.20. The Kier molecular flexibility index (Phi) is 9.92. The first kappa shape index (κ1) is 14.6. The first-order valence-corrected chi connectivity index (χ1v) is 7.06. The Morgan fingerprint density at radius 1 is 1.13 bits per heavy atom. The molecule has 1 rings (SSSR count). The van der Waals surface area contributed by atoms with E-state index in [0.717, 1.165) is 0 Å². The minimum absolute atomic E-state index is 1.20. The summed E-state index contributed by atoms with van der Waals surface area (Å²) in [7, 11) is 2.31. The monoisotopic (exact) mass is 221 g/mol. The van der Waals surface area contributed by atoms with E-state index in [4.69, 9.17) is 0 Å². The molecule has 0 aromatic heterocycles. The van der Waals surface area contributed by atoms with Crippen LogP contribution in [-0.2, 0) is 0 Å². The molecule has 0 heterocycles. The third kappa shape index (κ3) is 6.67. The van der Waals surface area contributed by atoms with Crippen LogP contribution in [0.3, 0.4) is 0 Å². The first-order valence-electron chi connectivity index (χ1n) is 5.84. The SMILES string of the molecule is CC.CCCC[B]c1ccc(SC)cc1. The molecule has 0 aliphatic carbocycles. The van der Waals surface area contributed by atoms with Crippen molar-refractivity contribution in [2.45, 2.75) is 44.8 Å². The Hall–Kier alpha value is -0.365. The predicted molar refractivity (Wildman–Crippen MR) is 74.7 cm³/mol. The molecule has 1 aromatic rings. The second kappa shape index (κ2) is 10.2. The average molecular weight is 221 g/mol. The van der Waals surface area contributed by atoms with Gasteiger partial charge in [0.25, 0.3) is 0 Å². The third-order valence-corrected chi connectivity index (χ3v) is 2.80. The molecule has 0 nitrogen and oxygen atoms in total.